The number of nitrogens with one attached hydrogen (secondary N) is 1. The Kier molecular flexibility index (Phi) is 7.05. The molecule has 6 nitrogen and oxygen atoms in total. The zero-order valence-corrected chi connectivity index (χ0v) is 19.8. The van der Waals surface area contributed by atoms with Gasteiger partial charge < -0.3 is 14.6 Å². The number of hydrogen-bond donors (Lipinski definition) is 1. The second kappa shape index (κ2) is 9.56. The van der Waals surface area contributed by atoms with E-state index in [1.54, 1.807) is 7.11 Å². The van der Waals surface area contributed by atoms with Gasteiger partial charge in [0.15, 0.2) is 11.0 Å². The van der Waals surface area contributed by atoms with Gasteiger partial charge in [-0.25, -0.2) is 0 Å². The van der Waals surface area contributed by atoms with Crippen LogP contribution in [-0.2, 0) is 16.8 Å². The Labute approximate surface area is 188 Å². The molecule has 7 heteroatoms. The second-order valence-electron chi connectivity index (χ2n) is 8.33. The van der Waals surface area contributed by atoms with Crippen LogP contribution in [-0.4, -0.2) is 33.0 Å². The van der Waals surface area contributed by atoms with E-state index in [0.717, 1.165) is 16.5 Å². The SMILES string of the molecule is CCn1c(SC(C)C(=O)Nc2ccccc2OC)nnc1-c1ccc(C(C)(C)C)cc1. The standard InChI is InChI=1S/C24H30N4O2S/c1-7-28-21(17-12-14-18(15-13-17)24(3,4)5)26-27-23(28)31-16(2)22(29)25-19-10-8-9-11-20(19)30-6/h8-16H,7H2,1-6H3,(H,25,29). The summed E-state index contributed by atoms with van der Waals surface area (Å²) in [7, 11) is 1.59. The van der Waals surface area contributed by atoms with Crippen LogP contribution in [0.25, 0.3) is 11.4 Å². The third-order valence-electron chi connectivity index (χ3n) is 5.06. The smallest absolute Gasteiger partial charge is 0.237 e. The van der Waals surface area contributed by atoms with Crippen LogP contribution in [0.15, 0.2) is 53.7 Å². The highest BCUT2D eigenvalue weighted by Crippen LogP contribution is 2.30. The number of carbonyl (C=O) groups is 1. The van der Waals surface area contributed by atoms with Crippen LogP contribution in [0.1, 0.15) is 40.2 Å². The van der Waals surface area contributed by atoms with Gasteiger partial charge in [-0.2, -0.15) is 0 Å². The summed E-state index contributed by atoms with van der Waals surface area (Å²) in [5, 5.41) is 12.1. The molecule has 2 aromatic carbocycles. The number of anilines is 1. The highest BCUT2D eigenvalue weighted by Gasteiger charge is 2.21. The first-order valence-electron chi connectivity index (χ1n) is 10.4. The van der Waals surface area contributed by atoms with Crippen molar-refractivity contribution in [3.63, 3.8) is 0 Å². The molecule has 0 aliphatic heterocycles. The summed E-state index contributed by atoms with van der Waals surface area (Å²) < 4.78 is 7.36. The molecule has 1 atom stereocenters. The lowest BCUT2D eigenvalue weighted by atomic mass is 9.87. The third-order valence-corrected chi connectivity index (χ3v) is 6.14. The molecule has 3 aromatic rings. The van der Waals surface area contributed by atoms with E-state index in [1.165, 1.54) is 17.3 Å². The van der Waals surface area contributed by atoms with Crippen molar-refractivity contribution < 1.29 is 9.53 Å². The summed E-state index contributed by atoms with van der Waals surface area (Å²) in [4.78, 5) is 12.7. The van der Waals surface area contributed by atoms with E-state index in [4.69, 9.17) is 4.74 Å². The molecule has 1 unspecified atom stereocenters. The molecule has 0 fully saturated rings. The van der Waals surface area contributed by atoms with Crippen LogP contribution < -0.4 is 10.1 Å². The summed E-state index contributed by atoms with van der Waals surface area (Å²) in [5.74, 6) is 1.32. The maximum absolute atomic E-state index is 12.7. The molecule has 1 aromatic heterocycles. The fourth-order valence-electron chi connectivity index (χ4n) is 3.19. The predicted octanol–water partition coefficient (Wildman–Crippen LogP) is 5.39. The fraction of sp³-hybridized carbons (Fsp3) is 0.375. The van der Waals surface area contributed by atoms with Crippen molar-refractivity contribution in [2.24, 2.45) is 0 Å². The third kappa shape index (κ3) is 5.28. The van der Waals surface area contributed by atoms with Crippen LogP contribution >= 0.6 is 11.8 Å². The Morgan fingerprint density at radius 3 is 2.42 bits per heavy atom. The van der Waals surface area contributed by atoms with E-state index >= 15 is 0 Å². The number of amides is 1. The first kappa shape index (κ1) is 22.9. The maximum Gasteiger partial charge on any atom is 0.237 e. The number of methoxy groups -OCH3 is 1. The molecule has 164 valence electrons. The topological polar surface area (TPSA) is 69.0 Å². The van der Waals surface area contributed by atoms with E-state index in [-0.39, 0.29) is 16.6 Å². The summed E-state index contributed by atoms with van der Waals surface area (Å²) in [6.45, 7) is 11.2. The molecule has 0 bridgehead atoms. The summed E-state index contributed by atoms with van der Waals surface area (Å²) in [6, 6.07) is 15.8. The number of carbonyl (C=O) groups excluding carboxylic acids is 1. The van der Waals surface area contributed by atoms with Gasteiger partial charge in [-0.05, 0) is 37.0 Å². The molecular weight excluding hydrogens is 408 g/mol. The number of para-hydroxylation sites is 2. The number of nitrogens with zero attached hydrogens (tertiary/aromatic N) is 3. The average Bonchev–Trinajstić information content (AvgIpc) is 3.16. The van der Waals surface area contributed by atoms with Crippen LogP contribution in [0, 0.1) is 0 Å². The summed E-state index contributed by atoms with van der Waals surface area (Å²) in [5.41, 5.74) is 3.04. The van der Waals surface area contributed by atoms with Crippen molar-refractivity contribution in [2.75, 3.05) is 12.4 Å². The van der Waals surface area contributed by atoms with Crippen molar-refractivity contribution in [3.05, 3.63) is 54.1 Å². The molecule has 0 saturated heterocycles. The van der Waals surface area contributed by atoms with Gasteiger partial charge in [0.05, 0.1) is 18.0 Å². The molecule has 0 spiro atoms. The van der Waals surface area contributed by atoms with E-state index in [9.17, 15) is 4.79 Å². The van der Waals surface area contributed by atoms with Gasteiger partial charge in [0.2, 0.25) is 5.91 Å². The number of benzene rings is 2. The largest absolute Gasteiger partial charge is 0.495 e. The minimum absolute atomic E-state index is 0.0994. The van der Waals surface area contributed by atoms with Crippen LogP contribution in [0.4, 0.5) is 5.69 Å². The van der Waals surface area contributed by atoms with E-state index in [2.05, 4.69) is 67.5 Å². The molecule has 31 heavy (non-hydrogen) atoms. The minimum atomic E-state index is -0.351. The van der Waals surface area contributed by atoms with Gasteiger partial charge in [-0.1, -0.05) is 68.9 Å². The molecule has 0 saturated carbocycles. The fourth-order valence-corrected chi connectivity index (χ4v) is 4.10. The van der Waals surface area contributed by atoms with Gasteiger partial charge in [-0.3, -0.25) is 4.79 Å². The normalized spacial score (nSPS) is 12.5. The first-order chi connectivity index (χ1) is 14.7. The Morgan fingerprint density at radius 1 is 1.13 bits per heavy atom. The number of thioether (sulfide) groups is 1. The number of ether oxygens (including phenoxy) is 1. The van der Waals surface area contributed by atoms with Crippen molar-refractivity contribution in [1.29, 1.82) is 0 Å². The highest BCUT2D eigenvalue weighted by molar-refractivity contribution is 8.00. The highest BCUT2D eigenvalue weighted by atomic mass is 32.2. The quantitative estimate of drug-likeness (QED) is 0.501. The van der Waals surface area contributed by atoms with Crippen molar-refractivity contribution >= 4 is 23.4 Å². The van der Waals surface area contributed by atoms with Gasteiger partial charge in [-0.15, -0.1) is 10.2 Å². The molecule has 0 aliphatic rings. The molecule has 1 N–H and O–H groups in total. The van der Waals surface area contributed by atoms with Gasteiger partial charge in [0.25, 0.3) is 0 Å². The number of aromatic nitrogens is 3. The average molecular weight is 439 g/mol. The van der Waals surface area contributed by atoms with E-state index in [0.29, 0.717) is 18.0 Å². The molecular formula is C24H30N4O2S. The maximum atomic E-state index is 12.7. The van der Waals surface area contributed by atoms with Gasteiger partial charge in [0, 0.05) is 12.1 Å². The van der Waals surface area contributed by atoms with Crippen molar-refractivity contribution in [1.82, 2.24) is 14.8 Å². The Balaban J connectivity index is 1.76. The van der Waals surface area contributed by atoms with E-state index < -0.39 is 0 Å². The number of hydrogen-bond acceptors (Lipinski definition) is 5. The zero-order valence-electron chi connectivity index (χ0n) is 19.0. The Morgan fingerprint density at radius 2 is 1.81 bits per heavy atom. The Bertz CT molecular complexity index is 1040. The molecule has 0 radical (unpaired) electrons. The van der Waals surface area contributed by atoms with Crippen LogP contribution in [0.5, 0.6) is 5.75 Å². The lowest BCUT2D eigenvalue weighted by Crippen LogP contribution is -2.23. The lowest BCUT2D eigenvalue weighted by molar-refractivity contribution is -0.115. The molecule has 1 heterocycles. The van der Waals surface area contributed by atoms with Crippen molar-refractivity contribution in [2.45, 2.75) is 57.0 Å². The summed E-state index contributed by atoms with van der Waals surface area (Å²) >= 11 is 1.39. The van der Waals surface area contributed by atoms with Crippen molar-refractivity contribution in [3.8, 4) is 17.1 Å². The predicted molar refractivity (Wildman–Crippen MR) is 127 cm³/mol. The molecule has 3 rings (SSSR count). The van der Waals surface area contributed by atoms with Crippen LogP contribution in [0.3, 0.4) is 0 Å². The lowest BCUT2D eigenvalue weighted by Gasteiger charge is -2.19. The number of rotatable bonds is 7. The first-order valence-corrected chi connectivity index (χ1v) is 11.3. The second-order valence-corrected chi connectivity index (χ2v) is 9.64. The van der Waals surface area contributed by atoms with Gasteiger partial charge >= 0.3 is 0 Å². The van der Waals surface area contributed by atoms with Crippen LogP contribution in [0.2, 0.25) is 0 Å². The van der Waals surface area contributed by atoms with E-state index in [1.807, 2.05) is 35.8 Å². The summed E-state index contributed by atoms with van der Waals surface area (Å²) in [6.07, 6.45) is 0. The Hall–Kier alpha value is -2.80. The monoisotopic (exact) mass is 438 g/mol. The van der Waals surface area contributed by atoms with Gasteiger partial charge in [0.1, 0.15) is 5.75 Å². The minimum Gasteiger partial charge on any atom is -0.495 e. The molecule has 0 aliphatic carbocycles. The zero-order chi connectivity index (χ0) is 22.6. The molecule has 1 amide bonds.